The molecule has 1 aromatic rings. The van der Waals surface area contributed by atoms with Crippen molar-refractivity contribution in [1.82, 2.24) is 5.32 Å². The number of aromatic hydroxyl groups is 1. The average Bonchev–Trinajstić information content (AvgIpc) is 2.67. The van der Waals surface area contributed by atoms with E-state index in [1.165, 1.54) is 25.3 Å². The van der Waals surface area contributed by atoms with E-state index in [-0.39, 0.29) is 11.6 Å². The van der Waals surface area contributed by atoms with Crippen LogP contribution in [0.2, 0.25) is 0 Å². The van der Waals surface area contributed by atoms with Gasteiger partial charge in [0, 0.05) is 18.7 Å². The molecule has 0 amide bonds. The van der Waals surface area contributed by atoms with Crippen LogP contribution < -0.4 is 5.32 Å². The van der Waals surface area contributed by atoms with Crippen LogP contribution in [0, 0.1) is 22.6 Å². The van der Waals surface area contributed by atoms with Crippen LogP contribution in [0.4, 0.5) is 4.39 Å². The third-order valence-electron chi connectivity index (χ3n) is 6.29. The minimum absolute atomic E-state index is 0.00119. The summed E-state index contributed by atoms with van der Waals surface area (Å²) in [6.07, 6.45) is 3.82. The van der Waals surface area contributed by atoms with E-state index in [0.29, 0.717) is 23.4 Å². The maximum Gasteiger partial charge on any atom is 0.127 e. The normalized spacial score (nSPS) is 34.6. The summed E-state index contributed by atoms with van der Waals surface area (Å²) in [6, 6.07) is 4.76. The molecule has 0 aromatic heterocycles. The Labute approximate surface area is 120 Å². The molecule has 3 rings (SSSR count). The quantitative estimate of drug-likeness (QED) is 0.880. The lowest BCUT2D eigenvalue weighted by molar-refractivity contribution is 0.120. The first-order chi connectivity index (χ1) is 9.33. The smallest absolute Gasteiger partial charge is 0.127 e. The Morgan fingerprint density at radius 2 is 2.05 bits per heavy atom. The summed E-state index contributed by atoms with van der Waals surface area (Å²) in [5, 5.41) is 13.1. The highest BCUT2D eigenvalue weighted by Gasteiger charge is 2.60. The van der Waals surface area contributed by atoms with Crippen LogP contribution in [-0.2, 0) is 6.54 Å². The Hall–Kier alpha value is -1.09. The molecule has 0 aliphatic heterocycles. The van der Waals surface area contributed by atoms with E-state index >= 15 is 0 Å². The summed E-state index contributed by atoms with van der Waals surface area (Å²) in [6.45, 7) is 7.79. The molecule has 2 aliphatic rings. The van der Waals surface area contributed by atoms with E-state index in [9.17, 15) is 9.50 Å². The molecule has 110 valence electrons. The van der Waals surface area contributed by atoms with Gasteiger partial charge in [-0.2, -0.15) is 0 Å². The maximum atomic E-state index is 13.3. The molecule has 2 nitrogen and oxygen atoms in total. The molecule has 2 saturated carbocycles. The van der Waals surface area contributed by atoms with Gasteiger partial charge in [0.05, 0.1) is 0 Å². The van der Waals surface area contributed by atoms with E-state index in [2.05, 4.69) is 26.1 Å². The Bertz CT molecular complexity index is 507. The largest absolute Gasteiger partial charge is 0.508 e. The van der Waals surface area contributed by atoms with Crippen molar-refractivity contribution in [2.75, 3.05) is 0 Å². The fourth-order valence-corrected chi connectivity index (χ4v) is 4.49. The van der Waals surface area contributed by atoms with E-state index in [1.807, 2.05) is 0 Å². The number of fused-ring (bicyclic) bond motifs is 2. The number of benzene rings is 1. The molecule has 2 bridgehead atoms. The molecule has 2 fully saturated rings. The summed E-state index contributed by atoms with van der Waals surface area (Å²) in [5.41, 5.74) is 1.52. The summed E-state index contributed by atoms with van der Waals surface area (Å²) in [4.78, 5) is 0. The van der Waals surface area contributed by atoms with Crippen molar-refractivity contribution in [2.45, 2.75) is 52.6 Å². The van der Waals surface area contributed by atoms with Crippen LogP contribution in [0.25, 0.3) is 0 Å². The number of phenolic OH excluding ortho intramolecular Hbond substituents is 1. The summed E-state index contributed by atoms with van der Waals surface area (Å²) in [5.74, 6) is 0.425. The fourth-order valence-electron chi connectivity index (χ4n) is 4.49. The second kappa shape index (κ2) is 4.45. The second-order valence-electron chi connectivity index (χ2n) is 7.36. The first kappa shape index (κ1) is 13.9. The van der Waals surface area contributed by atoms with Gasteiger partial charge in [0.1, 0.15) is 11.6 Å². The van der Waals surface area contributed by atoms with Crippen LogP contribution in [0.5, 0.6) is 5.75 Å². The van der Waals surface area contributed by atoms with E-state index in [0.717, 1.165) is 17.5 Å². The highest BCUT2D eigenvalue weighted by Crippen LogP contribution is 2.65. The maximum absolute atomic E-state index is 13.3. The van der Waals surface area contributed by atoms with Crippen molar-refractivity contribution in [3.8, 4) is 5.75 Å². The van der Waals surface area contributed by atoms with Crippen molar-refractivity contribution in [2.24, 2.45) is 16.7 Å². The monoisotopic (exact) mass is 277 g/mol. The van der Waals surface area contributed by atoms with Gasteiger partial charge in [-0.15, -0.1) is 0 Å². The predicted octanol–water partition coefficient (Wildman–Crippen LogP) is 3.84. The SMILES string of the molecule is CC1(C)C2CCC1(C)C(NCc1cc(O)cc(F)c1)C2. The number of phenols is 1. The zero-order valence-corrected chi connectivity index (χ0v) is 12.5. The van der Waals surface area contributed by atoms with Gasteiger partial charge in [0.2, 0.25) is 0 Å². The summed E-state index contributed by atoms with van der Waals surface area (Å²) in [7, 11) is 0. The van der Waals surface area contributed by atoms with Gasteiger partial charge in [-0.05, 0) is 53.7 Å². The minimum Gasteiger partial charge on any atom is -0.508 e. The van der Waals surface area contributed by atoms with Crippen molar-refractivity contribution in [3.05, 3.63) is 29.6 Å². The van der Waals surface area contributed by atoms with Gasteiger partial charge in [-0.1, -0.05) is 20.8 Å². The zero-order chi connectivity index (χ0) is 14.5. The first-order valence-electron chi connectivity index (χ1n) is 7.55. The van der Waals surface area contributed by atoms with E-state index in [1.54, 1.807) is 6.07 Å². The topological polar surface area (TPSA) is 32.3 Å². The standard InChI is InChI=1S/C17H24FNO/c1-16(2)12-4-5-17(16,3)15(8-12)19-10-11-6-13(18)9-14(20)7-11/h6-7,9,12,15,19-20H,4-5,8,10H2,1-3H3. The molecule has 3 atom stereocenters. The Morgan fingerprint density at radius 1 is 1.30 bits per heavy atom. The lowest BCUT2D eigenvalue weighted by Gasteiger charge is -2.39. The Morgan fingerprint density at radius 3 is 2.60 bits per heavy atom. The molecule has 20 heavy (non-hydrogen) atoms. The predicted molar refractivity (Wildman–Crippen MR) is 77.9 cm³/mol. The number of nitrogens with one attached hydrogen (secondary N) is 1. The number of halogens is 1. The number of hydrogen-bond donors (Lipinski definition) is 2. The molecule has 0 heterocycles. The molecular formula is C17H24FNO. The van der Waals surface area contributed by atoms with Gasteiger partial charge in [-0.3, -0.25) is 0 Å². The zero-order valence-electron chi connectivity index (χ0n) is 12.5. The van der Waals surface area contributed by atoms with Gasteiger partial charge in [0.15, 0.2) is 0 Å². The summed E-state index contributed by atoms with van der Waals surface area (Å²) < 4.78 is 13.3. The van der Waals surface area contributed by atoms with Crippen LogP contribution in [0.15, 0.2) is 18.2 Å². The molecule has 0 spiro atoms. The van der Waals surface area contributed by atoms with E-state index < -0.39 is 0 Å². The van der Waals surface area contributed by atoms with Gasteiger partial charge in [-0.25, -0.2) is 4.39 Å². The Balaban J connectivity index is 1.71. The lowest BCUT2D eigenvalue weighted by Crippen LogP contribution is -2.44. The molecule has 3 heteroatoms. The molecule has 0 radical (unpaired) electrons. The lowest BCUT2D eigenvalue weighted by atomic mass is 9.69. The first-order valence-corrected chi connectivity index (χ1v) is 7.55. The number of rotatable bonds is 3. The molecule has 0 saturated heterocycles. The fraction of sp³-hybridized carbons (Fsp3) is 0.647. The van der Waals surface area contributed by atoms with Crippen LogP contribution in [-0.4, -0.2) is 11.1 Å². The molecule has 2 N–H and O–H groups in total. The van der Waals surface area contributed by atoms with Gasteiger partial charge < -0.3 is 10.4 Å². The van der Waals surface area contributed by atoms with E-state index in [4.69, 9.17) is 0 Å². The second-order valence-corrected chi connectivity index (χ2v) is 7.36. The third-order valence-corrected chi connectivity index (χ3v) is 6.29. The van der Waals surface area contributed by atoms with Crippen LogP contribution in [0.1, 0.15) is 45.6 Å². The average molecular weight is 277 g/mol. The molecule has 3 unspecified atom stereocenters. The van der Waals surface area contributed by atoms with Gasteiger partial charge >= 0.3 is 0 Å². The number of hydrogen-bond acceptors (Lipinski definition) is 2. The van der Waals surface area contributed by atoms with Crippen molar-refractivity contribution < 1.29 is 9.50 Å². The molecular weight excluding hydrogens is 253 g/mol. The third kappa shape index (κ3) is 1.95. The summed E-state index contributed by atoms with van der Waals surface area (Å²) >= 11 is 0. The van der Waals surface area contributed by atoms with Crippen LogP contribution in [0.3, 0.4) is 0 Å². The highest BCUT2D eigenvalue weighted by atomic mass is 19.1. The van der Waals surface area contributed by atoms with Crippen molar-refractivity contribution >= 4 is 0 Å². The molecule has 1 aromatic carbocycles. The Kier molecular flexibility index (Phi) is 3.09. The molecule has 2 aliphatic carbocycles. The van der Waals surface area contributed by atoms with Crippen molar-refractivity contribution in [3.63, 3.8) is 0 Å². The van der Waals surface area contributed by atoms with Gasteiger partial charge in [0.25, 0.3) is 0 Å². The highest BCUT2D eigenvalue weighted by molar-refractivity contribution is 5.28. The minimum atomic E-state index is -0.374. The van der Waals surface area contributed by atoms with Crippen molar-refractivity contribution in [1.29, 1.82) is 0 Å². The van der Waals surface area contributed by atoms with Crippen LogP contribution >= 0.6 is 0 Å².